The van der Waals surface area contributed by atoms with Gasteiger partial charge in [0.15, 0.2) is 0 Å². The van der Waals surface area contributed by atoms with Crippen LogP contribution in [0.15, 0.2) is 60.2 Å². The highest BCUT2D eigenvalue weighted by atomic mass is 19.1. The Morgan fingerprint density at radius 2 is 2.04 bits per heavy atom. The van der Waals surface area contributed by atoms with Gasteiger partial charge in [0.1, 0.15) is 5.82 Å². The maximum atomic E-state index is 13.8. The van der Waals surface area contributed by atoms with E-state index in [0.29, 0.717) is 12.1 Å². The number of carbonyl (C=O) groups is 1. The summed E-state index contributed by atoms with van der Waals surface area (Å²) in [6.45, 7) is 2.54. The molecule has 4 heteroatoms. The predicted octanol–water partition coefficient (Wildman–Crippen LogP) is 4.61. The molecule has 0 bridgehead atoms. The number of likely N-dealkylation sites (N-methyl/N-ethyl adjacent to an activating group) is 1. The number of amides is 1. The molecule has 2 aromatic carbocycles. The van der Waals surface area contributed by atoms with Crippen molar-refractivity contribution < 1.29 is 9.18 Å². The SMILES string of the molecule is CN1CC=C(CN(C(=O)c2cccc(F)c2)C2CCCc3ccccc32)CC1. The Kier molecular flexibility index (Phi) is 5.58. The van der Waals surface area contributed by atoms with Crippen LogP contribution in [0.25, 0.3) is 0 Å². The normalized spacial score (nSPS) is 19.6. The van der Waals surface area contributed by atoms with Crippen molar-refractivity contribution >= 4 is 5.91 Å². The van der Waals surface area contributed by atoms with E-state index in [4.69, 9.17) is 0 Å². The van der Waals surface area contributed by atoms with Gasteiger partial charge in [0, 0.05) is 25.2 Å². The van der Waals surface area contributed by atoms with Crippen LogP contribution in [0.3, 0.4) is 0 Å². The molecule has 2 aromatic rings. The fraction of sp³-hybridized carbons (Fsp3) is 0.375. The van der Waals surface area contributed by atoms with Gasteiger partial charge in [0.05, 0.1) is 6.04 Å². The standard InChI is InChI=1S/C24H27FN2O/c1-26-14-12-18(13-15-26)17-27(24(28)20-8-4-9-21(25)16-20)23-11-5-7-19-6-2-3-10-22(19)23/h2-4,6,8-10,12,16,23H,5,7,11,13-15,17H2,1H3. The van der Waals surface area contributed by atoms with E-state index in [-0.39, 0.29) is 17.8 Å². The van der Waals surface area contributed by atoms with Crippen LogP contribution in [0.4, 0.5) is 4.39 Å². The van der Waals surface area contributed by atoms with Crippen molar-refractivity contribution in [1.29, 1.82) is 0 Å². The van der Waals surface area contributed by atoms with Crippen molar-refractivity contribution in [3.05, 3.63) is 82.7 Å². The molecule has 0 radical (unpaired) electrons. The van der Waals surface area contributed by atoms with E-state index in [1.165, 1.54) is 28.8 Å². The fourth-order valence-electron chi connectivity index (χ4n) is 4.34. The third kappa shape index (κ3) is 4.02. The van der Waals surface area contributed by atoms with E-state index in [0.717, 1.165) is 38.8 Å². The first kappa shape index (κ1) is 18.9. The van der Waals surface area contributed by atoms with Crippen molar-refractivity contribution in [2.24, 2.45) is 0 Å². The monoisotopic (exact) mass is 378 g/mol. The van der Waals surface area contributed by atoms with Crippen LogP contribution < -0.4 is 0 Å². The maximum absolute atomic E-state index is 13.8. The lowest BCUT2D eigenvalue weighted by Gasteiger charge is -2.37. The summed E-state index contributed by atoms with van der Waals surface area (Å²) in [5.74, 6) is -0.450. The van der Waals surface area contributed by atoms with Gasteiger partial charge >= 0.3 is 0 Å². The number of rotatable bonds is 4. The second-order valence-electron chi connectivity index (χ2n) is 7.92. The molecular weight excluding hydrogens is 351 g/mol. The minimum absolute atomic E-state index is 0.0428. The third-order valence-electron chi connectivity index (χ3n) is 5.93. The van der Waals surface area contributed by atoms with Gasteiger partial charge in [-0.05, 0) is 62.1 Å². The molecule has 1 aliphatic heterocycles. The molecule has 1 unspecified atom stereocenters. The molecule has 1 aliphatic carbocycles. The molecule has 1 heterocycles. The van der Waals surface area contributed by atoms with Crippen LogP contribution in [-0.2, 0) is 6.42 Å². The quantitative estimate of drug-likeness (QED) is 0.726. The molecule has 0 N–H and O–H groups in total. The second kappa shape index (κ2) is 8.27. The van der Waals surface area contributed by atoms with Gasteiger partial charge in [-0.2, -0.15) is 0 Å². The summed E-state index contributed by atoms with van der Waals surface area (Å²) in [6.07, 6.45) is 6.28. The molecule has 0 saturated heterocycles. The number of aryl methyl sites for hydroxylation is 1. The van der Waals surface area contributed by atoms with E-state index in [2.05, 4.69) is 42.3 Å². The summed E-state index contributed by atoms with van der Waals surface area (Å²) in [4.78, 5) is 17.7. The summed E-state index contributed by atoms with van der Waals surface area (Å²) in [5.41, 5.74) is 4.29. The number of hydrogen-bond donors (Lipinski definition) is 0. The van der Waals surface area contributed by atoms with Crippen molar-refractivity contribution in [3.8, 4) is 0 Å². The Morgan fingerprint density at radius 3 is 2.82 bits per heavy atom. The highest BCUT2D eigenvalue weighted by Gasteiger charge is 2.30. The number of fused-ring (bicyclic) bond motifs is 1. The second-order valence-corrected chi connectivity index (χ2v) is 7.92. The van der Waals surface area contributed by atoms with E-state index in [1.807, 2.05) is 4.90 Å². The molecule has 0 fully saturated rings. The average Bonchev–Trinajstić information content (AvgIpc) is 2.72. The zero-order valence-corrected chi connectivity index (χ0v) is 16.4. The summed E-state index contributed by atoms with van der Waals surface area (Å²) >= 11 is 0. The van der Waals surface area contributed by atoms with Gasteiger partial charge in [0.25, 0.3) is 5.91 Å². The Hall–Kier alpha value is -2.46. The first-order valence-corrected chi connectivity index (χ1v) is 10.1. The predicted molar refractivity (Wildman–Crippen MR) is 110 cm³/mol. The number of nitrogens with zero attached hydrogens (tertiary/aromatic N) is 2. The number of carbonyl (C=O) groups excluding carboxylic acids is 1. The fourth-order valence-corrected chi connectivity index (χ4v) is 4.34. The number of benzene rings is 2. The largest absolute Gasteiger partial charge is 0.328 e. The van der Waals surface area contributed by atoms with Crippen molar-refractivity contribution in [1.82, 2.24) is 9.80 Å². The summed E-state index contributed by atoms with van der Waals surface area (Å²) < 4.78 is 13.8. The number of hydrogen-bond acceptors (Lipinski definition) is 2. The molecule has 1 atom stereocenters. The van der Waals surface area contributed by atoms with Gasteiger partial charge in [-0.15, -0.1) is 0 Å². The highest BCUT2D eigenvalue weighted by Crippen LogP contribution is 2.36. The lowest BCUT2D eigenvalue weighted by atomic mass is 9.86. The minimum atomic E-state index is -0.367. The highest BCUT2D eigenvalue weighted by molar-refractivity contribution is 5.94. The minimum Gasteiger partial charge on any atom is -0.328 e. The maximum Gasteiger partial charge on any atom is 0.254 e. The Labute approximate surface area is 166 Å². The van der Waals surface area contributed by atoms with E-state index in [9.17, 15) is 9.18 Å². The smallest absolute Gasteiger partial charge is 0.254 e. The van der Waals surface area contributed by atoms with Gasteiger partial charge < -0.3 is 9.80 Å². The summed E-state index contributed by atoms with van der Waals surface area (Å²) in [5, 5.41) is 0. The Bertz CT molecular complexity index is 892. The summed E-state index contributed by atoms with van der Waals surface area (Å²) in [6, 6.07) is 14.6. The van der Waals surface area contributed by atoms with Gasteiger partial charge in [-0.3, -0.25) is 4.79 Å². The zero-order chi connectivity index (χ0) is 19.5. The first-order chi connectivity index (χ1) is 13.6. The van der Waals surface area contributed by atoms with Crippen molar-refractivity contribution in [3.63, 3.8) is 0 Å². The molecule has 3 nitrogen and oxygen atoms in total. The van der Waals surface area contributed by atoms with Crippen LogP contribution in [0.2, 0.25) is 0 Å². The number of halogens is 1. The van der Waals surface area contributed by atoms with Crippen LogP contribution >= 0.6 is 0 Å². The van der Waals surface area contributed by atoms with Crippen LogP contribution in [0, 0.1) is 5.82 Å². The molecule has 1 amide bonds. The molecular formula is C24H27FN2O. The lowest BCUT2D eigenvalue weighted by Crippen LogP contribution is -2.39. The van der Waals surface area contributed by atoms with E-state index < -0.39 is 0 Å². The van der Waals surface area contributed by atoms with Crippen LogP contribution in [-0.4, -0.2) is 42.4 Å². The van der Waals surface area contributed by atoms with Crippen molar-refractivity contribution in [2.75, 3.05) is 26.7 Å². The molecule has 0 aromatic heterocycles. The molecule has 0 saturated carbocycles. The van der Waals surface area contributed by atoms with Gasteiger partial charge in [-0.25, -0.2) is 4.39 Å². The van der Waals surface area contributed by atoms with Gasteiger partial charge in [-0.1, -0.05) is 42.0 Å². The first-order valence-electron chi connectivity index (χ1n) is 10.1. The molecule has 2 aliphatic rings. The Balaban J connectivity index is 1.69. The third-order valence-corrected chi connectivity index (χ3v) is 5.93. The molecule has 146 valence electrons. The van der Waals surface area contributed by atoms with E-state index in [1.54, 1.807) is 12.1 Å². The summed E-state index contributed by atoms with van der Waals surface area (Å²) in [7, 11) is 2.11. The molecule has 28 heavy (non-hydrogen) atoms. The van der Waals surface area contributed by atoms with Crippen molar-refractivity contribution in [2.45, 2.75) is 31.7 Å². The van der Waals surface area contributed by atoms with Crippen LogP contribution in [0.5, 0.6) is 0 Å². The molecule has 0 spiro atoms. The molecule has 4 rings (SSSR count). The average molecular weight is 378 g/mol. The topological polar surface area (TPSA) is 23.6 Å². The van der Waals surface area contributed by atoms with Gasteiger partial charge in [0.2, 0.25) is 0 Å². The lowest BCUT2D eigenvalue weighted by molar-refractivity contribution is 0.0674. The Morgan fingerprint density at radius 1 is 1.18 bits per heavy atom. The van der Waals surface area contributed by atoms with E-state index >= 15 is 0 Å². The zero-order valence-electron chi connectivity index (χ0n) is 16.4. The van der Waals surface area contributed by atoms with Crippen LogP contribution in [0.1, 0.15) is 46.8 Å².